The van der Waals surface area contributed by atoms with E-state index >= 15 is 0 Å². The van der Waals surface area contributed by atoms with Gasteiger partial charge in [0, 0.05) is 6.54 Å². The van der Waals surface area contributed by atoms with Gasteiger partial charge in [0.05, 0.1) is 10.8 Å². The van der Waals surface area contributed by atoms with Gasteiger partial charge in [-0.15, -0.1) is 0 Å². The van der Waals surface area contributed by atoms with Crippen LogP contribution < -0.4 is 5.32 Å². The fourth-order valence-electron chi connectivity index (χ4n) is 2.93. The van der Waals surface area contributed by atoms with Crippen molar-refractivity contribution in [1.82, 2.24) is 5.32 Å². The minimum absolute atomic E-state index is 0.0412. The maximum Gasteiger partial charge on any atom is 0.310 e. The van der Waals surface area contributed by atoms with Crippen molar-refractivity contribution in [3.05, 3.63) is 35.9 Å². The van der Waals surface area contributed by atoms with Crippen molar-refractivity contribution in [1.29, 1.82) is 0 Å². The lowest BCUT2D eigenvalue weighted by atomic mass is 9.77. The van der Waals surface area contributed by atoms with Crippen LogP contribution in [0.5, 0.6) is 0 Å². The summed E-state index contributed by atoms with van der Waals surface area (Å²) in [5.41, 5.74) is -0.407. The molecule has 1 fully saturated rings. The van der Waals surface area contributed by atoms with Crippen LogP contribution in [0, 0.1) is 5.41 Å². The zero-order valence-corrected chi connectivity index (χ0v) is 12.7. The van der Waals surface area contributed by atoms with Gasteiger partial charge in [-0.3, -0.25) is 9.59 Å². The van der Waals surface area contributed by atoms with Gasteiger partial charge in [-0.25, -0.2) is 0 Å². The van der Waals surface area contributed by atoms with Gasteiger partial charge in [0.25, 0.3) is 0 Å². The van der Waals surface area contributed by atoms with E-state index in [0.717, 1.165) is 31.2 Å². The summed E-state index contributed by atoms with van der Waals surface area (Å²) in [6.07, 6.45) is 3.72. The van der Waals surface area contributed by atoms with E-state index in [2.05, 4.69) is 5.32 Å². The number of carboxylic acids is 1. The first-order valence-corrected chi connectivity index (χ1v) is 7.46. The third-order valence-corrected chi connectivity index (χ3v) is 4.49. The summed E-state index contributed by atoms with van der Waals surface area (Å²) in [5, 5.41) is 12.0. The first-order valence-electron chi connectivity index (χ1n) is 7.46. The summed E-state index contributed by atoms with van der Waals surface area (Å²) in [6, 6.07) is 9.83. The van der Waals surface area contributed by atoms with E-state index in [0.29, 0.717) is 0 Å². The number of hydrogen-bond donors (Lipinski definition) is 2. The Hall–Kier alpha value is -1.84. The van der Waals surface area contributed by atoms with Crippen LogP contribution in [-0.4, -0.2) is 23.5 Å². The third-order valence-electron chi connectivity index (χ3n) is 4.49. The standard InChI is InChI=1S/C17H23NO3/c1-16(2,15(20)21)12-18-14(19)17(10-6-7-11-17)13-8-4-3-5-9-13/h3-5,8-9H,6-7,10-12H2,1-2H3,(H,18,19)(H,20,21). The molecule has 0 saturated heterocycles. The highest BCUT2D eigenvalue weighted by Crippen LogP contribution is 2.41. The van der Waals surface area contributed by atoms with Gasteiger partial charge in [-0.05, 0) is 32.3 Å². The molecule has 1 aliphatic rings. The van der Waals surface area contributed by atoms with Crippen LogP contribution in [0.1, 0.15) is 45.1 Å². The molecule has 114 valence electrons. The van der Waals surface area contributed by atoms with Crippen LogP contribution in [0.3, 0.4) is 0 Å². The van der Waals surface area contributed by atoms with Crippen molar-refractivity contribution in [2.75, 3.05) is 6.54 Å². The highest BCUT2D eigenvalue weighted by Gasteiger charge is 2.43. The van der Waals surface area contributed by atoms with Crippen molar-refractivity contribution in [2.24, 2.45) is 5.41 Å². The second kappa shape index (κ2) is 5.88. The van der Waals surface area contributed by atoms with Gasteiger partial charge in [0.1, 0.15) is 0 Å². The van der Waals surface area contributed by atoms with Crippen molar-refractivity contribution in [3.63, 3.8) is 0 Å². The Morgan fingerprint density at radius 3 is 2.29 bits per heavy atom. The second-order valence-electron chi connectivity index (χ2n) is 6.53. The molecule has 0 bridgehead atoms. The largest absolute Gasteiger partial charge is 0.481 e. The Morgan fingerprint density at radius 1 is 1.19 bits per heavy atom. The Labute approximate surface area is 125 Å². The first kappa shape index (κ1) is 15.5. The van der Waals surface area contributed by atoms with Crippen LogP contribution in [0.4, 0.5) is 0 Å². The minimum atomic E-state index is -0.952. The smallest absolute Gasteiger partial charge is 0.310 e. The number of benzene rings is 1. The molecule has 0 atom stereocenters. The molecule has 4 nitrogen and oxygen atoms in total. The summed E-state index contributed by atoms with van der Waals surface area (Å²) in [4.78, 5) is 23.9. The number of rotatable bonds is 5. The van der Waals surface area contributed by atoms with Gasteiger partial charge in [-0.1, -0.05) is 43.2 Å². The molecule has 0 aliphatic heterocycles. The molecule has 2 N–H and O–H groups in total. The maximum absolute atomic E-state index is 12.7. The van der Waals surface area contributed by atoms with Gasteiger partial charge < -0.3 is 10.4 Å². The quantitative estimate of drug-likeness (QED) is 0.876. The summed E-state index contributed by atoms with van der Waals surface area (Å²) in [5.74, 6) is -0.941. The molecule has 1 aromatic carbocycles. The van der Waals surface area contributed by atoms with Crippen LogP contribution in [0.25, 0.3) is 0 Å². The van der Waals surface area contributed by atoms with Crippen molar-refractivity contribution >= 4 is 11.9 Å². The monoisotopic (exact) mass is 289 g/mol. The maximum atomic E-state index is 12.7. The van der Waals surface area contributed by atoms with Gasteiger partial charge in [-0.2, -0.15) is 0 Å². The molecular formula is C17H23NO3. The van der Waals surface area contributed by atoms with Crippen molar-refractivity contribution < 1.29 is 14.7 Å². The fraction of sp³-hybridized carbons (Fsp3) is 0.529. The lowest BCUT2D eigenvalue weighted by molar-refractivity contribution is -0.147. The number of hydrogen-bond acceptors (Lipinski definition) is 2. The summed E-state index contributed by atoms with van der Waals surface area (Å²) >= 11 is 0. The SMILES string of the molecule is CC(C)(CNC(=O)C1(c2ccccc2)CCCC1)C(=O)O. The topological polar surface area (TPSA) is 66.4 Å². The van der Waals surface area contributed by atoms with Gasteiger partial charge >= 0.3 is 5.97 Å². The summed E-state index contributed by atoms with van der Waals surface area (Å²) < 4.78 is 0. The van der Waals surface area contributed by atoms with E-state index in [-0.39, 0.29) is 12.5 Å². The van der Waals surface area contributed by atoms with E-state index < -0.39 is 16.8 Å². The third kappa shape index (κ3) is 3.09. The van der Waals surface area contributed by atoms with Crippen LogP contribution >= 0.6 is 0 Å². The summed E-state index contributed by atoms with van der Waals surface area (Å²) in [7, 11) is 0. The van der Waals surface area contributed by atoms with E-state index in [1.807, 2.05) is 30.3 Å². The van der Waals surface area contributed by atoms with Gasteiger partial charge in [0.2, 0.25) is 5.91 Å². The van der Waals surface area contributed by atoms with Crippen LogP contribution in [-0.2, 0) is 15.0 Å². The highest BCUT2D eigenvalue weighted by atomic mass is 16.4. The number of amides is 1. The van der Waals surface area contributed by atoms with Crippen molar-refractivity contribution in [2.45, 2.75) is 44.9 Å². The predicted octanol–water partition coefficient (Wildman–Crippen LogP) is 2.73. The molecule has 4 heteroatoms. The molecular weight excluding hydrogens is 266 g/mol. The Kier molecular flexibility index (Phi) is 4.35. The Morgan fingerprint density at radius 2 is 1.76 bits per heavy atom. The summed E-state index contributed by atoms with van der Waals surface area (Å²) in [6.45, 7) is 3.40. The van der Waals surface area contributed by atoms with Crippen LogP contribution in [0.15, 0.2) is 30.3 Å². The molecule has 1 amide bonds. The number of carbonyl (C=O) groups is 2. The lowest BCUT2D eigenvalue weighted by Crippen LogP contribution is -2.47. The fourth-order valence-corrected chi connectivity index (χ4v) is 2.93. The second-order valence-corrected chi connectivity index (χ2v) is 6.53. The Bertz CT molecular complexity index is 516. The molecule has 0 heterocycles. The highest BCUT2D eigenvalue weighted by molar-refractivity contribution is 5.89. The molecule has 21 heavy (non-hydrogen) atoms. The number of nitrogens with one attached hydrogen (secondary N) is 1. The number of carboxylic acid groups (broad SMARTS) is 1. The number of aliphatic carboxylic acids is 1. The van der Waals surface area contributed by atoms with E-state index in [9.17, 15) is 9.59 Å². The molecule has 1 saturated carbocycles. The zero-order chi connectivity index (χ0) is 15.5. The molecule has 0 spiro atoms. The lowest BCUT2D eigenvalue weighted by Gasteiger charge is -2.30. The molecule has 0 unspecified atom stereocenters. The minimum Gasteiger partial charge on any atom is -0.481 e. The molecule has 1 aromatic rings. The number of carbonyl (C=O) groups excluding carboxylic acids is 1. The van der Waals surface area contributed by atoms with E-state index in [4.69, 9.17) is 5.11 Å². The first-order chi connectivity index (χ1) is 9.88. The normalized spacial score (nSPS) is 17.4. The molecule has 0 radical (unpaired) electrons. The molecule has 1 aliphatic carbocycles. The Balaban J connectivity index is 2.16. The van der Waals surface area contributed by atoms with Crippen molar-refractivity contribution in [3.8, 4) is 0 Å². The van der Waals surface area contributed by atoms with Gasteiger partial charge in [0.15, 0.2) is 0 Å². The average molecular weight is 289 g/mol. The molecule has 2 rings (SSSR count). The zero-order valence-electron chi connectivity index (χ0n) is 12.7. The average Bonchev–Trinajstić information content (AvgIpc) is 2.96. The van der Waals surface area contributed by atoms with E-state index in [1.54, 1.807) is 13.8 Å². The van der Waals surface area contributed by atoms with E-state index in [1.165, 1.54) is 0 Å². The predicted molar refractivity (Wildman–Crippen MR) is 81.0 cm³/mol. The molecule has 0 aromatic heterocycles. The van der Waals surface area contributed by atoms with Crippen LogP contribution in [0.2, 0.25) is 0 Å².